The van der Waals surface area contributed by atoms with E-state index in [2.05, 4.69) is 4.90 Å². The smallest absolute Gasteiger partial charge is 0.291 e. The third kappa shape index (κ3) is 5.06. The van der Waals surface area contributed by atoms with E-state index >= 15 is 0 Å². The van der Waals surface area contributed by atoms with E-state index in [1.54, 1.807) is 0 Å². The van der Waals surface area contributed by atoms with Crippen LogP contribution in [0, 0.1) is 5.92 Å². The van der Waals surface area contributed by atoms with Crippen molar-refractivity contribution in [3.05, 3.63) is 65.7 Å². The van der Waals surface area contributed by atoms with Crippen LogP contribution < -0.4 is 0 Å². The zero-order chi connectivity index (χ0) is 25.2. The van der Waals surface area contributed by atoms with Gasteiger partial charge < -0.3 is 9.64 Å². The van der Waals surface area contributed by atoms with Crippen LogP contribution in [-0.4, -0.2) is 93.5 Å². The van der Waals surface area contributed by atoms with Gasteiger partial charge in [0.2, 0.25) is 15.8 Å². The lowest BCUT2D eigenvalue weighted by atomic mass is 9.86. The normalized spacial score (nSPS) is 21.6. The minimum absolute atomic E-state index is 0.0413. The first-order valence-corrected chi connectivity index (χ1v) is 12.9. The summed E-state index contributed by atoms with van der Waals surface area (Å²) in [5.74, 6) is -3.11. The third-order valence-electron chi connectivity index (χ3n) is 6.51. The molecule has 0 radical (unpaired) electrons. The summed E-state index contributed by atoms with van der Waals surface area (Å²) in [5, 5.41) is 0. The Hall–Kier alpha value is -2.92. The molecule has 2 atom stereocenters. The predicted molar refractivity (Wildman–Crippen MR) is 128 cm³/mol. The highest BCUT2D eigenvalue weighted by atomic mass is 32.2. The largest absolute Gasteiger partial charge is 0.379 e. The molecule has 35 heavy (non-hydrogen) atoms. The molecule has 0 aromatic heterocycles. The van der Waals surface area contributed by atoms with E-state index in [1.165, 1.54) is 43.3 Å². The van der Waals surface area contributed by atoms with Crippen LogP contribution in [0.15, 0.2) is 59.5 Å². The maximum absolute atomic E-state index is 13.5. The summed E-state index contributed by atoms with van der Waals surface area (Å²) in [4.78, 5) is 43.5. The number of nitrogens with zero attached hydrogens (tertiary/aromatic N) is 3. The van der Waals surface area contributed by atoms with E-state index in [4.69, 9.17) is 4.74 Å². The Kier molecular flexibility index (Phi) is 7.46. The van der Waals surface area contributed by atoms with Gasteiger partial charge >= 0.3 is 0 Å². The molecule has 0 aliphatic carbocycles. The summed E-state index contributed by atoms with van der Waals surface area (Å²) in [7, 11) is -0.812. The molecule has 2 fully saturated rings. The summed E-state index contributed by atoms with van der Waals surface area (Å²) in [6.45, 7) is 3.62. The van der Waals surface area contributed by atoms with Crippen molar-refractivity contribution < 1.29 is 27.5 Å². The lowest BCUT2D eigenvalue weighted by Gasteiger charge is -2.31. The molecule has 186 valence electrons. The highest BCUT2D eigenvalue weighted by molar-refractivity contribution is 7.89. The zero-order valence-electron chi connectivity index (χ0n) is 19.8. The van der Waals surface area contributed by atoms with E-state index in [0.717, 1.165) is 17.4 Å². The monoisotopic (exact) mass is 499 g/mol. The summed E-state index contributed by atoms with van der Waals surface area (Å²) in [6.07, 6.45) is 0. The molecule has 2 aromatic carbocycles. The Balaban J connectivity index is 1.63. The van der Waals surface area contributed by atoms with Crippen molar-refractivity contribution in [1.82, 2.24) is 14.1 Å². The minimum Gasteiger partial charge on any atom is -0.379 e. The van der Waals surface area contributed by atoms with Gasteiger partial charge in [-0.25, -0.2) is 12.7 Å². The first-order chi connectivity index (χ1) is 16.7. The summed E-state index contributed by atoms with van der Waals surface area (Å²) >= 11 is 0. The van der Waals surface area contributed by atoms with Gasteiger partial charge in [-0.15, -0.1) is 0 Å². The number of carbonyl (C=O) groups is 3. The number of Topliss-reactive ketones (excluding diaryl/α,β-unsaturated/α-hetero) is 2. The second kappa shape index (κ2) is 10.4. The molecule has 1 amide bonds. The Morgan fingerprint density at radius 2 is 1.60 bits per heavy atom. The zero-order valence-corrected chi connectivity index (χ0v) is 20.6. The molecule has 2 heterocycles. The first-order valence-electron chi connectivity index (χ1n) is 11.5. The number of morpholine rings is 1. The van der Waals surface area contributed by atoms with Crippen LogP contribution in [0.3, 0.4) is 0 Å². The van der Waals surface area contributed by atoms with Crippen molar-refractivity contribution in [2.24, 2.45) is 5.92 Å². The van der Waals surface area contributed by atoms with E-state index in [0.29, 0.717) is 31.9 Å². The molecular weight excluding hydrogens is 470 g/mol. The number of benzene rings is 2. The number of hydrogen-bond acceptors (Lipinski definition) is 7. The summed E-state index contributed by atoms with van der Waals surface area (Å²) in [5.41, 5.74) is 0.892. The minimum atomic E-state index is -3.66. The third-order valence-corrected chi connectivity index (χ3v) is 8.34. The number of sulfonamides is 1. The van der Waals surface area contributed by atoms with Gasteiger partial charge in [-0.1, -0.05) is 42.5 Å². The second-order valence-corrected chi connectivity index (χ2v) is 11.0. The Labute approximate surface area is 205 Å². The lowest BCUT2D eigenvalue weighted by Crippen LogP contribution is -2.42. The highest BCUT2D eigenvalue weighted by Crippen LogP contribution is 2.38. The van der Waals surface area contributed by atoms with Crippen LogP contribution in [0.5, 0.6) is 0 Å². The lowest BCUT2D eigenvalue weighted by molar-refractivity contribution is -0.141. The molecule has 4 rings (SSSR count). The van der Waals surface area contributed by atoms with Crippen LogP contribution in [0.2, 0.25) is 0 Å². The summed E-state index contributed by atoms with van der Waals surface area (Å²) in [6, 6.07) is 13.8. The van der Waals surface area contributed by atoms with Crippen molar-refractivity contribution >= 4 is 27.5 Å². The van der Waals surface area contributed by atoms with E-state index in [-0.39, 0.29) is 10.5 Å². The number of ketones is 2. The Morgan fingerprint density at radius 1 is 0.971 bits per heavy atom. The Morgan fingerprint density at radius 3 is 2.20 bits per heavy atom. The molecule has 0 bridgehead atoms. The Bertz CT molecular complexity index is 1190. The molecule has 2 aromatic rings. The molecule has 2 unspecified atom stereocenters. The standard InChI is InChI=1S/C25H29N3O6S/c1-26(2)35(32,33)20-10-8-19(9-11-20)23(29)21-22(18-6-4-3-5-7-18)28(25(31)24(21)30)13-12-27-14-16-34-17-15-27/h3-11,21-22H,12-17H2,1-2H3. The number of carbonyl (C=O) groups excluding carboxylic acids is 3. The van der Waals surface area contributed by atoms with Gasteiger partial charge in [-0.2, -0.15) is 0 Å². The molecule has 10 heteroatoms. The van der Waals surface area contributed by atoms with Gasteiger partial charge in [0, 0.05) is 45.8 Å². The van der Waals surface area contributed by atoms with Crippen molar-refractivity contribution in [2.45, 2.75) is 10.9 Å². The SMILES string of the molecule is CN(C)S(=O)(=O)c1ccc(C(=O)C2C(=O)C(=O)N(CCN3CCOCC3)C2c2ccccc2)cc1. The number of ether oxygens (including phenoxy) is 1. The number of rotatable bonds is 8. The fourth-order valence-electron chi connectivity index (χ4n) is 4.51. The molecule has 0 spiro atoms. The molecule has 2 aliphatic rings. The maximum atomic E-state index is 13.5. The first kappa shape index (κ1) is 25.2. The average molecular weight is 500 g/mol. The van der Waals surface area contributed by atoms with E-state index < -0.39 is 39.5 Å². The van der Waals surface area contributed by atoms with Gasteiger partial charge in [0.25, 0.3) is 5.91 Å². The van der Waals surface area contributed by atoms with Crippen molar-refractivity contribution in [3.63, 3.8) is 0 Å². The van der Waals surface area contributed by atoms with Gasteiger partial charge in [-0.3, -0.25) is 19.3 Å². The quantitative estimate of drug-likeness (QED) is 0.306. The van der Waals surface area contributed by atoms with E-state index in [9.17, 15) is 22.8 Å². The molecular formula is C25H29N3O6S. The molecule has 0 saturated carbocycles. The maximum Gasteiger partial charge on any atom is 0.291 e. The number of amides is 1. The van der Waals surface area contributed by atoms with Gasteiger partial charge in [-0.05, 0) is 17.7 Å². The van der Waals surface area contributed by atoms with Crippen LogP contribution in [0.1, 0.15) is 22.0 Å². The molecule has 9 nitrogen and oxygen atoms in total. The summed E-state index contributed by atoms with van der Waals surface area (Å²) < 4.78 is 31.2. The molecule has 2 aliphatic heterocycles. The number of likely N-dealkylation sites (tertiary alicyclic amines) is 1. The van der Waals surface area contributed by atoms with Crippen LogP contribution in [0.25, 0.3) is 0 Å². The average Bonchev–Trinajstić information content (AvgIpc) is 3.13. The van der Waals surface area contributed by atoms with Crippen LogP contribution >= 0.6 is 0 Å². The van der Waals surface area contributed by atoms with Crippen LogP contribution in [-0.2, 0) is 24.3 Å². The van der Waals surface area contributed by atoms with E-state index in [1.807, 2.05) is 30.3 Å². The fraction of sp³-hybridized carbons (Fsp3) is 0.400. The van der Waals surface area contributed by atoms with Crippen LogP contribution in [0.4, 0.5) is 0 Å². The molecule has 2 saturated heterocycles. The fourth-order valence-corrected chi connectivity index (χ4v) is 5.41. The van der Waals surface area contributed by atoms with Gasteiger partial charge in [0.1, 0.15) is 5.92 Å². The van der Waals surface area contributed by atoms with Crippen molar-refractivity contribution in [3.8, 4) is 0 Å². The predicted octanol–water partition coefficient (Wildman–Crippen LogP) is 1.22. The highest BCUT2D eigenvalue weighted by Gasteiger charge is 2.51. The van der Waals surface area contributed by atoms with Crippen molar-refractivity contribution in [1.29, 1.82) is 0 Å². The number of hydrogen-bond donors (Lipinski definition) is 0. The topological polar surface area (TPSA) is 104 Å². The van der Waals surface area contributed by atoms with Gasteiger partial charge in [0.15, 0.2) is 5.78 Å². The molecule has 0 N–H and O–H groups in total. The van der Waals surface area contributed by atoms with Crippen molar-refractivity contribution in [2.75, 3.05) is 53.5 Å². The second-order valence-electron chi connectivity index (χ2n) is 8.83. The van der Waals surface area contributed by atoms with Gasteiger partial charge in [0.05, 0.1) is 24.2 Å².